The van der Waals surface area contributed by atoms with E-state index in [1.807, 2.05) is 36.4 Å². The van der Waals surface area contributed by atoms with Gasteiger partial charge in [0.15, 0.2) is 0 Å². The average Bonchev–Trinajstić information content (AvgIpc) is 2.94. The highest BCUT2D eigenvalue weighted by molar-refractivity contribution is 5.92. The van der Waals surface area contributed by atoms with Crippen molar-refractivity contribution in [2.24, 2.45) is 5.92 Å². The Labute approximate surface area is 123 Å². The molecule has 0 aliphatic heterocycles. The first-order valence-electron chi connectivity index (χ1n) is 7.48. The van der Waals surface area contributed by atoms with Gasteiger partial charge in [0.05, 0.1) is 5.39 Å². The lowest BCUT2D eigenvalue weighted by Crippen LogP contribution is -2.15. The number of benzene rings is 1. The summed E-state index contributed by atoms with van der Waals surface area (Å²) in [4.78, 5) is 4.71. The Bertz CT molecular complexity index is 805. The predicted octanol–water partition coefficient (Wildman–Crippen LogP) is 4.20. The molecule has 2 N–H and O–H groups in total. The molecule has 0 saturated carbocycles. The molecule has 1 aliphatic rings. The highest BCUT2D eigenvalue weighted by atomic mass is 16.3. The van der Waals surface area contributed by atoms with Crippen LogP contribution < -0.4 is 5.73 Å². The molecule has 0 radical (unpaired) electrons. The maximum atomic E-state index is 6.39. The fourth-order valence-corrected chi connectivity index (χ4v) is 3.18. The standard InChI is InChI=1S/C18H18N2O/c1-11-7-8-15-13(9-11)17(19)14-10-16(21-18(14)20-15)12-5-3-2-4-6-12/h2-6,10-11H,7-9H2,1H3,(H2,19,20). The highest BCUT2D eigenvalue weighted by Crippen LogP contribution is 2.36. The van der Waals surface area contributed by atoms with Crippen molar-refractivity contribution in [3.63, 3.8) is 0 Å². The lowest BCUT2D eigenvalue weighted by atomic mass is 9.86. The fourth-order valence-electron chi connectivity index (χ4n) is 3.18. The molecule has 2 heterocycles. The number of aryl methyl sites for hydroxylation is 1. The van der Waals surface area contributed by atoms with Gasteiger partial charge in [-0.25, -0.2) is 4.98 Å². The van der Waals surface area contributed by atoms with Crippen molar-refractivity contribution in [3.8, 4) is 11.3 Å². The van der Waals surface area contributed by atoms with Gasteiger partial charge in [0, 0.05) is 16.9 Å². The van der Waals surface area contributed by atoms with Crippen LogP contribution in [0.25, 0.3) is 22.4 Å². The van der Waals surface area contributed by atoms with E-state index in [9.17, 15) is 0 Å². The summed E-state index contributed by atoms with van der Waals surface area (Å²) in [5.74, 6) is 1.51. The summed E-state index contributed by atoms with van der Waals surface area (Å²) < 4.78 is 5.94. The second-order valence-corrected chi connectivity index (χ2v) is 5.99. The first-order valence-corrected chi connectivity index (χ1v) is 7.48. The molecular formula is C18H18N2O. The van der Waals surface area contributed by atoms with Crippen molar-refractivity contribution in [2.45, 2.75) is 26.2 Å². The van der Waals surface area contributed by atoms with Crippen LogP contribution in [0.4, 0.5) is 5.69 Å². The van der Waals surface area contributed by atoms with Crippen LogP contribution >= 0.6 is 0 Å². The Balaban J connectivity index is 1.91. The maximum absolute atomic E-state index is 6.39. The van der Waals surface area contributed by atoms with Gasteiger partial charge in [0.1, 0.15) is 5.76 Å². The molecular weight excluding hydrogens is 260 g/mol. The molecule has 1 unspecified atom stereocenters. The molecule has 1 aromatic carbocycles. The second-order valence-electron chi connectivity index (χ2n) is 5.99. The quantitative estimate of drug-likeness (QED) is 0.725. The largest absolute Gasteiger partial charge is 0.438 e. The van der Waals surface area contributed by atoms with Crippen molar-refractivity contribution in [2.75, 3.05) is 5.73 Å². The fraction of sp³-hybridized carbons (Fsp3) is 0.278. The maximum Gasteiger partial charge on any atom is 0.229 e. The minimum Gasteiger partial charge on any atom is -0.438 e. The number of anilines is 1. The van der Waals surface area contributed by atoms with Crippen molar-refractivity contribution in [1.82, 2.24) is 4.98 Å². The molecule has 1 aliphatic carbocycles. The minimum atomic E-state index is 0.666. The van der Waals surface area contributed by atoms with Gasteiger partial charge in [-0.15, -0.1) is 0 Å². The number of furan rings is 1. The summed E-state index contributed by atoms with van der Waals surface area (Å²) in [5, 5.41) is 0.946. The van der Waals surface area contributed by atoms with Gasteiger partial charge in [-0.3, -0.25) is 0 Å². The number of hydrogen-bond acceptors (Lipinski definition) is 3. The van der Waals surface area contributed by atoms with E-state index < -0.39 is 0 Å². The highest BCUT2D eigenvalue weighted by Gasteiger charge is 2.22. The molecule has 1 atom stereocenters. The Morgan fingerprint density at radius 3 is 2.86 bits per heavy atom. The third kappa shape index (κ3) is 2.00. The molecule has 2 aromatic heterocycles. The van der Waals surface area contributed by atoms with Gasteiger partial charge in [-0.2, -0.15) is 0 Å². The Hall–Kier alpha value is -2.29. The van der Waals surface area contributed by atoms with Gasteiger partial charge in [0.2, 0.25) is 5.71 Å². The Kier molecular flexibility index (Phi) is 2.74. The molecule has 0 spiro atoms. The van der Waals surface area contributed by atoms with E-state index in [0.29, 0.717) is 11.6 Å². The molecule has 3 aromatic rings. The number of nitrogen functional groups attached to an aromatic ring is 1. The minimum absolute atomic E-state index is 0.666. The van der Waals surface area contributed by atoms with Crippen molar-refractivity contribution >= 4 is 16.8 Å². The number of nitrogens with zero attached hydrogens (tertiary/aromatic N) is 1. The van der Waals surface area contributed by atoms with Gasteiger partial charge < -0.3 is 10.2 Å². The van der Waals surface area contributed by atoms with E-state index >= 15 is 0 Å². The zero-order valence-electron chi connectivity index (χ0n) is 12.1. The summed E-state index contributed by atoms with van der Waals surface area (Å²) in [6, 6.07) is 12.1. The number of nitrogens with two attached hydrogens (primary N) is 1. The summed E-state index contributed by atoms with van der Waals surface area (Å²) in [6.45, 7) is 2.28. The average molecular weight is 278 g/mol. The first kappa shape index (κ1) is 12.5. The van der Waals surface area contributed by atoms with Crippen LogP contribution in [-0.4, -0.2) is 4.98 Å². The van der Waals surface area contributed by atoms with Crippen molar-refractivity contribution < 1.29 is 4.42 Å². The van der Waals surface area contributed by atoms with E-state index in [-0.39, 0.29) is 0 Å². The van der Waals surface area contributed by atoms with Crippen LogP contribution in [0.3, 0.4) is 0 Å². The summed E-state index contributed by atoms with van der Waals surface area (Å²) in [5.41, 5.74) is 11.3. The van der Waals surface area contributed by atoms with E-state index in [1.165, 1.54) is 12.0 Å². The SMILES string of the molecule is CC1CCc2nc3oc(-c4ccccc4)cc3c(N)c2C1. The smallest absolute Gasteiger partial charge is 0.229 e. The van der Waals surface area contributed by atoms with Crippen molar-refractivity contribution in [1.29, 1.82) is 0 Å². The molecule has 0 bridgehead atoms. The van der Waals surface area contributed by atoms with Gasteiger partial charge in [-0.1, -0.05) is 37.3 Å². The van der Waals surface area contributed by atoms with Crippen LogP contribution in [0.2, 0.25) is 0 Å². The normalized spacial score (nSPS) is 17.9. The number of rotatable bonds is 1. The summed E-state index contributed by atoms with van der Waals surface area (Å²) in [6.07, 6.45) is 3.20. The predicted molar refractivity (Wildman–Crippen MR) is 85.0 cm³/mol. The first-order chi connectivity index (χ1) is 10.2. The van der Waals surface area contributed by atoms with Crippen molar-refractivity contribution in [3.05, 3.63) is 47.7 Å². The van der Waals surface area contributed by atoms with Gasteiger partial charge in [-0.05, 0) is 36.8 Å². The summed E-state index contributed by atoms with van der Waals surface area (Å²) in [7, 11) is 0. The Morgan fingerprint density at radius 2 is 2.05 bits per heavy atom. The third-order valence-corrected chi connectivity index (χ3v) is 4.40. The number of hydrogen-bond donors (Lipinski definition) is 1. The van der Waals surface area contributed by atoms with E-state index in [0.717, 1.165) is 40.9 Å². The zero-order chi connectivity index (χ0) is 14.4. The second kappa shape index (κ2) is 4.62. The molecule has 0 saturated heterocycles. The third-order valence-electron chi connectivity index (χ3n) is 4.40. The monoisotopic (exact) mass is 278 g/mol. The van der Waals surface area contributed by atoms with Crippen LogP contribution in [0.5, 0.6) is 0 Å². The lowest BCUT2D eigenvalue weighted by molar-refractivity contribution is 0.494. The number of aromatic nitrogens is 1. The van der Waals surface area contributed by atoms with Gasteiger partial charge >= 0.3 is 0 Å². The number of fused-ring (bicyclic) bond motifs is 2. The molecule has 3 heteroatoms. The van der Waals surface area contributed by atoms with Crippen LogP contribution in [-0.2, 0) is 12.8 Å². The Morgan fingerprint density at radius 1 is 1.24 bits per heavy atom. The van der Waals surface area contributed by atoms with E-state index in [1.54, 1.807) is 0 Å². The van der Waals surface area contributed by atoms with Gasteiger partial charge in [0.25, 0.3) is 0 Å². The van der Waals surface area contributed by atoms with E-state index in [4.69, 9.17) is 15.1 Å². The van der Waals surface area contributed by atoms with Crippen LogP contribution in [0, 0.1) is 5.92 Å². The topological polar surface area (TPSA) is 52.0 Å². The lowest BCUT2D eigenvalue weighted by Gasteiger charge is -2.21. The van der Waals surface area contributed by atoms with Crippen LogP contribution in [0.1, 0.15) is 24.6 Å². The molecule has 21 heavy (non-hydrogen) atoms. The van der Waals surface area contributed by atoms with Crippen LogP contribution in [0.15, 0.2) is 40.8 Å². The molecule has 3 nitrogen and oxygen atoms in total. The molecule has 0 amide bonds. The zero-order valence-corrected chi connectivity index (χ0v) is 12.1. The summed E-state index contributed by atoms with van der Waals surface area (Å²) >= 11 is 0. The molecule has 106 valence electrons. The van der Waals surface area contributed by atoms with E-state index in [2.05, 4.69) is 6.92 Å². The number of pyridine rings is 1. The molecule has 4 rings (SSSR count). The molecule has 0 fully saturated rings.